The van der Waals surface area contributed by atoms with E-state index in [2.05, 4.69) is 12.2 Å². The number of hydrogen-bond donors (Lipinski definition) is 3. The van der Waals surface area contributed by atoms with Gasteiger partial charge in [0.2, 0.25) is 0 Å². The number of aliphatic carboxylic acids is 1. The van der Waals surface area contributed by atoms with Crippen molar-refractivity contribution in [3.05, 3.63) is 23.3 Å². The smallest absolute Gasteiger partial charge is 0.303 e. The van der Waals surface area contributed by atoms with Crippen LogP contribution in [0.3, 0.4) is 0 Å². The maximum absolute atomic E-state index is 10.6. The lowest BCUT2D eigenvalue weighted by Crippen LogP contribution is -2.29. The number of aliphatic hydroxyl groups is 2. The lowest BCUT2D eigenvalue weighted by Gasteiger charge is -2.32. The van der Waals surface area contributed by atoms with Gasteiger partial charge in [-0.3, -0.25) is 4.79 Å². The molecule has 0 aromatic rings. The Morgan fingerprint density at radius 1 is 1.19 bits per heavy atom. The predicted octanol–water partition coefficient (Wildman–Crippen LogP) is 4.04. The Bertz CT molecular complexity index is 570. The van der Waals surface area contributed by atoms with E-state index in [0.717, 1.165) is 56.9 Å². The lowest BCUT2D eigenvalue weighted by molar-refractivity contribution is -0.137. The third-order valence-corrected chi connectivity index (χ3v) is 6.99. The third-order valence-electron chi connectivity index (χ3n) is 6.48. The first-order valence-corrected chi connectivity index (χ1v) is 10.5. The van der Waals surface area contributed by atoms with Crippen LogP contribution in [0.25, 0.3) is 0 Å². The van der Waals surface area contributed by atoms with Crippen molar-refractivity contribution in [2.45, 2.75) is 81.8 Å². The number of rotatable bonds is 8. The van der Waals surface area contributed by atoms with Gasteiger partial charge in [-0.05, 0) is 67.4 Å². The number of carbonyl (C=O) groups is 1. The average molecular weight is 383 g/mol. The number of hydrogen-bond acceptors (Lipinski definition) is 3. The zero-order valence-corrected chi connectivity index (χ0v) is 16.1. The molecule has 0 radical (unpaired) electrons. The molecule has 3 rings (SSSR count). The molecule has 0 heterocycles. The van der Waals surface area contributed by atoms with Gasteiger partial charge in [0, 0.05) is 11.8 Å². The van der Waals surface area contributed by atoms with Gasteiger partial charge in [0.1, 0.15) is 0 Å². The largest absolute Gasteiger partial charge is 0.481 e. The summed E-state index contributed by atoms with van der Waals surface area (Å²) in [6.07, 6.45) is 12.1. The van der Waals surface area contributed by atoms with Crippen LogP contribution in [0, 0.1) is 17.8 Å². The molecular weight excluding hydrogens is 352 g/mol. The van der Waals surface area contributed by atoms with Crippen molar-refractivity contribution in [3.8, 4) is 0 Å². The van der Waals surface area contributed by atoms with Crippen LogP contribution in [-0.4, -0.2) is 38.9 Å². The van der Waals surface area contributed by atoms with E-state index in [0.29, 0.717) is 18.3 Å². The van der Waals surface area contributed by atoms with E-state index >= 15 is 0 Å². The van der Waals surface area contributed by atoms with E-state index in [-0.39, 0.29) is 29.9 Å². The van der Waals surface area contributed by atoms with Crippen molar-refractivity contribution < 1.29 is 20.1 Å². The Balaban J connectivity index is 1.55. The Morgan fingerprint density at radius 2 is 1.96 bits per heavy atom. The summed E-state index contributed by atoms with van der Waals surface area (Å²) in [7, 11) is 0. The van der Waals surface area contributed by atoms with Crippen LogP contribution in [0.2, 0.25) is 0 Å². The highest BCUT2D eigenvalue weighted by atomic mass is 35.5. The molecule has 3 aliphatic carbocycles. The molecule has 0 aromatic heterocycles. The van der Waals surface area contributed by atoms with Gasteiger partial charge in [-0.25, -0.2) is 0 Å². The second-order valence-corrected chi connectivity index (χ2v) is 8.77. The van der Waals surface area contributed by atoms with Crippen molar-refractivity contribution in [1.82, 2.24) is 0 Å². The van der Waals surface area contributed by atoms with Crippen LogP contribution >= 0.6 is 11.6 Å². The van der Waals surface area contributed by atoms with Crippen LogP contribution < -0.4 is 0 Å². The molecule has 2 saturated carbocycles. The fourth-order valence-electron chi connectivity index (χ4n) is 5.19. The molecule has 0 aliphatic heterocycles. The van der Waals surface area contributed by atoms with E-state index in [4.69, 9.17) is 16.7 Å². The normalized spacial score (nSPS) is 36.6. The summed E-state index contributed by atoms with van der Waals surface area (Å²) in [5, 5.41) is 29.4. The second kappa shape index (κ2) is 8.90. The first-order valence-electron chi connectivity index (χ1n) is 10.1. The summed E-state index contributed by atoms with van der Waals surface area (Å²) in [5.41, 5.74) is 2.37. The van der Waals surface area contributed by atoms with E-state index in [9.17, 15) is 15.0 Å². The predicted molar refractivity (Wildman–Crippen MR) is 102 cm³/mol. The van der Waals surface area contributed by atoms with Gasteiger partial charge in [-0.2, -0.15) is 0 Å². The van der Waals surface area contributed by atoms with Crippen LogP contribution in [0.5, 0.6) is 0 Å². The number of fused-ring (bicyclic) bond motifs is 1. The molecule has 0 spiro atoms. The summed E-state index contributed by atoms with van der Waals surface area (Å²) in [4.78, 5) is 10.6. The molecule has 4 nitrogen and oxygen atoms in total. The number of aliphatic hydroxyl groups excluding tert-OH is 2. The van der Waals surface area contributed by atoms with E-state index in [1.54, 1.807) is 0 Å². The molecule has 2 unspecified atom stereocenters. The highest BCUT2D eigenvalue weighted by Crippen LogP contribution is 2.47. The van der Waals surface area contributed by atoms with Crippen molar-refractivity contribution >= 4 is 17.6 Å². The molecule has 6 atom stereocenters. The highest BCUT2D eigenvalue weighted by molar-refractivity contribution is 6.21. The summed E-state index contributed by atoms with van der Waals surface area (Å²) < 4.78 is 0. The van der Waals surface area contributed by atoms with Gasteiger partial charge in [-0.1, -0.05) is 31.4 Å². The summed E-state index contributed by atoms with van der Waals surface area (Å²) in [6.45, 7) is 0. The fraction of sp³-hybridized carbons (Fsp3) is 0.762. The SMILES string of the molecule is O=C(O)CCCCCC[C@@H]1[C@@H](C2C=C3CCC(O)C3=CC2)[C@H](O)C[C@H]1Cl. The highest BCUT2D eigenvalue weighted by Gasteiger charge is 2.45. The van der Waals surface area contributed by atoms with Gasteiger partial charge in [0.05, 0.1) is 12.2 Å². The molecule has 3 N–H and O–H groups in total. The minimum absolute atomic E-state index is 0.0203. The van der Waals surface area contributed by atoms with E-state index in [1.807, 2.05) is 0 Å². The Labute approximate surface area is 160 Å². The Hall–Kier alpha value is -0.840. The van der Waals surface area contributed by atoms with E-state index < -0.39 is 5.97 Å². The monoisotopic (exact) mass is 382 g/mol. The molecule has 3 aliphatic rings. The zero-order chi connectivity index (χ0) is 18.7. The third kappa shape index (κ3) is 4.52. The molecule has 146 valence electrons. The zero-order valence-electron chi connectivity index (χ0n) is 15.3. The fourth-order valence-corrected chi connectivity index (χ4v) is 5.66. The number of alkyl halides is 1. The van der Waals surface area contributed by atoms with Crippen molar-refractivity contribution in [2.24, 2.45) is 17.8 Å². The summed E-state index contributed by atoms with van der Waals surface area (Å²) in [5.74, 6) is 0.100. The molecule has 0 amide bonds. The van der Waals surface area contributed by atoms with Crippen LogP contribution in [0.15, 0.2) is 23.3 Å². The maximum Gasteiger partial charge on any atom is 0.303 e. The number of unbranched alkanes of at least 4 members (excludes halogenated alkanes) is 3. The van der Waals surface area contributed by atoms with Gasteiger partial charge >= 0.3 is 5.97 Å². The standard InChI is InChI=1S/C21H31ClO4/c22-17-12-19(24)21(16(17)5-3-1-2-4-6-20(25)26)14-7-9-15-13(11-14)8-10-18(15)23/h9,11,14,16-19,21,23-24H,1-8,10,12H2,(H,25,26)/t14?,16-,17+,18?,19+,21+/m0/s1. The number of carboxylic acid groups (broad SMARTS) is 1. The van der Waals surface area contributed by atoms with Gasteiger partial charge in [0.15, 0.2) is 0 Å². The molecule has 0 saturated heterocycles. The Morgan fingerprint density at radius 3 is 2.73 bits per heavy atom. The van der Waals surface area contributed by atoms with Crippen LogP contribution in [0.4, 0.5) is 0 Å². The minimum atomic E-state index is -0.723. The molecule has 0 bridgehead atoms. The van der Waals surface area contributed by atoms with Gasteiger partial charge in [-0.15, -0.1) is 11.6 Å². The maximum atomic E-state index is 10.6. The molecular formula is C21H31ClO4. The van der Waals surface area contributed by atoms with Gasteiger partial charge < -0.3 is 15.3 Å². The van der Waals surface area contributed by atoms with Crippen LogP contribution in [0.1, 0.15) is 64.2 Å². The molecule has 26 heavy (non-hydrogen) atoms. The Kier molecular flexibility index (Phi) is 6.81. The van der Waals surface area contributed by atoms with E-state index in [1.165, 1.54) is 5.57 Å². The van der Waals surface area contributed by atoms with Gasteiger partial charge in [0.25, 0.3) is 0 Å². The van der Waals surface area contributed by atoms with Crippen molar-refractivity contribution in [2.75, 3.05) is 0 Å². The van der Waals surface area contributed by atoms with Crippen LogP contribution in [-0.2, 0) is 4.79 Å². The molecule has 0 aromatic carbocycles. The topological polar surface area (TPSA) is 77.8 Å². The second-order valence-electron chi connectivity index (χ2n) is 8.21. The van der Waals surface area contributed by atoms with Crippen molar-refractivity contribution in [3.63, 3.8) is 0 Å². The lowest BCUT2D eigenvalue weighted by atomic mass is 9.75. The average Bonchev–Trinajstić information content (AvgIpc) is 3.10. The first kappa shape index (κ1) is 19.9. The van der Waals surface area contributed by atoms with Crippen molar-refractivity contribution in [1.29, 1.82) is 0 Å². The first-order chi connectivity index (χ1) is 12.5. The summed E-state index contributed by atoms with van der Waals surface area (Å²) in [6, 6.07) is 0. The number of carboxylic acids is 1. The quantitative estimate of drug-likeness (QED) is 0.437. The number of halogens is 1. The minimum Gasteiger partial charge on any atom is -0.481 e. The molecule has 5 heteroatoms. The number of allylic oxidation sites excluding steroid dienone is 2. The summed E-state index contributed by atoms with van der Waals surface area (Å²) >= 11 is 6.59. The molecule has 2 fully saturated rings.